The van der Waals surface area contributed by atoms with Crippen LogP contribution in [-0.2, 0) is 14.9 Å². The minimum Gasteiger partial charge on any atom is -0.744 e. The summed E-state index contributed by atoms with van der Waals surface area (Å²) in [6.07, 6.45) is 0. The van der Waals surface area contributed by atoms with Crippen LogP contribution in [-0.4, -0.2) is 57.7 Å². The fourth-order valence-corrected chi connectivity index (χ4v) is 1.82. The molecule has 0 radical (unpaired) electrons. The normalized spacial score (nSPS) is 13.3. The molecule has 0 atom stereocenters. The molecule has 0 unspecified atom stereocenters. The first kappa shape index (κ1) is 11.8. The molecule has 0 aliphatic rings. The standard InChI is InChI=1S/C6H15NO4S/c1-7(2,4-5-11-3)6-12(8,9)10/h4-6H2,1-3H3. The summed E-state index contributed by atoms with van der Waals surface area (Å²) in [7, 11) is 0.738. The Labute approximate surface area is 73.3 Å². The van der Waals surface area contributed by atoms with E-state index in [4.69, 9.17) is 4.74 Å². The number of hydrogen-bond acceptors (Lipinski definition) is 4. The lowest BCUT2D eigenvalue weighted by Crippen LogP contribution is -2.45. The number of hydrogen-bond donors (Lipinski definition) is 0. The van der Waals surface area contributed by atoms with Crippen molar-refractivity contribution in [2.75, 3.05) is 40.2 Å². The average molecular weight is 197 g/mol. The molecule has 0 heterocycles. The summed E-state index contributed by atoms with van der Waals surface area (Å²) in [5, 5.41) is 0. The van der Waals surface area contributed by atoms with Crippen molar-refractivity contribution in [2.24, 2.45) is 0 Å². The maximum absolute atomic E-state index is 10.4. The molecule has 0 aliphatic carbocycles. The predicted molar refractivity (Wildman–Crippen MR) is 43.4 cm³/mol. The van der Waals surface area contributed by atoms with E-state index in [2.05, 4.69) is 0 Å². The fourth-order valence-electron chi connectivity index (χ4n) is 0.831. The van der Waals surface area contributed by atoms with E-state index in [0.717, 1.165) is 0 Å². The molecule has 0 aliphatic heterocycles. The number of quaternary nitrogens is 1. The van der Waals surface area contributed by atoms with E-state index in [-0.39, 0.29) is 4.48 Å². The first-order valence-electron chi connectivity index (χ1n) is 3.51. The van der Waals surface area contributed by atoms with Crippen LogP contribution in [0.3, 0.4) is 0 Å². The molecule has 0 rings (SSSR count). The summed E-state index contributed by atoms with van der Waals surface area (Å²) in [5.74, 6) is -0.393. The highest BCUT2D eigenvalue weighted by Gasteiger charge is 2.17. The molecule has 0 bridgehead atoms. The Kier molecular flexibility index (Phi) is 4.12. The average Bonchev–Trinajstić information content (AvgIpc) is 1.78. The van der Waals surface area contributed by atoms with Crippen LogP contribution >= 0.6 is 0 Å². The molecule has 6 heteroatoms. The summed E-state index contributed by atoms with van der Waals surface area (Å²) in [5.41, 5.74) is 0. The van der Waals surface area contributed by atoms with Gasteiger partial charge in [0.1, 0.15) is 16.7 Å². The predicted octanol–water partition coefficient (Wildman–Crippen LogP) is -0.788. The third kappa shape index (κ3) is 6.53. The fraction of sp³-hybridized carbons (Fsp3) is 1.00. The SMILES string of the molecule is COCC[N+](C)(C)CS(=O)(=O)[O-]. The smallest absolute Gasteiger partial charge is 0.168 e. The summed E-state index contributed by atoms with van der Waals surface area (Å²) in [6.45, 7) is 0.959. The lowest BCUT2D eigenvalue weighted by Gasteiger charge is -2.30. The third-order valence-electron chi connectivity index (χ3n) is 1.41. The Morgan fingerprint density at radius 1 is 1.42 bits per heavy atom. The van der Waals surface area contributed by atoms with Crippen molar-refractivity contribution >= 4 is 10.1 Å². The monoisotopic (exact) mass is 197 g/mol. The van der Waals surface area contributed by atoms with Crippen molar-refractivity contribution in [2.45, 2.75) is 0 Å². The molecule has 0 aromatic carbocycles. The highest BCUT2D eigenvalue weighted by Crippen LogP contribution is 1.99. The number of methoxy groups -OCH3 is 1. The van der Waals surface area contributed by atoms with Crippen molar-refractivity contribution in [1.82, 2.24) is 0 Å². The molecule has 0 saturated heterocycles. The minimum atomic E-state index is -4.15. The van der Waals surface area contributed by atoms with E-state index >= 15 is 0 Å². The van der Waals surface area contributed by atoms with E-state index in [0.29, 0.717) is 13.2 Å². The molecule has 74 valence electrons. The van der Waals surface area contributed by atoms with Crippen LogP contribution in [0, 0.1) is 0 Å². The van der Waals surface area contributed by atoms with Gasteiger partial charge in [0.2, 0.25) is 0 Å². The second kappa shape index (κ2) is 4.18. The summed E-state index contributed by atoms with van der Waals surface area (Å²) in [6, 6.07) is 0. The second-order valence-corrected chi connectivity index (χ2v) is 4.71. The Hall–Kier alpha value is -0.170. The van der Waals surface area contributed by atoms with Gasteiger partial charge in [-0.1, -0.05) is 0 Å². The van der Waals surface area contributed by atoms with Crippen molar-refractivity contribution in [3.8, 4) is 0 Å². The number of nitrogens with zero attached hydrogens (tertiary/aromatic N) is 1. The van der Waals surface area contributed by atoms with E-state index in [9.17, 15) is 13.0 Å². The lowest BCUT2D eigenvalue weighted by atomic mass is 10.5. The van der Waals surface area contributed by atoms with Gasteiger partial charge in [-0.15, -0.1) is 0 Å². The van der Waals surface area contributed by atoms with Crippen LogP contribution in [0.1, 0.15) is 0 Å². The van der Waals surface area contributed by atoms with Gasteiger partial charge >= 0.3 is 0 Å². The molecule has 0 N–H and O–H groups in total. The topological polar surface area (TPSA) is 66.4 Å². The zero-order valence-corrected chi connectivity index (χ0v) is 8.43. The molecule has 0 aromatic heterocycles. The maximum atomic E-state index is 10.4. The molecule has 0 fully saturated rings. The van der Waals surface area contributed by atoms with Crippen LogP contribution in [0.4, 0.5) is 0 Å². The highest BCUT2D eigenvalue weighted by molar-refractivity contribution is 7.85. The zero-order chi connectivity index (χ0) is 9.83. The van der Waals surface area contributed by atoms with Crippen LogP contribution in [0.15, 0.2) is 0 Å². The van der Waals surface area contributed by atoms with Gasteiger partial charge in [-0.25, -0.2) is 8.42 Å². The molecule has 0 saturated carbocycles. The summed E-state index contributed by atoms with van der Waals surface area (Å²) >= 11 is 0. The summed E-state index contributed by atoms with van der Waals surface area (Å²) in [4.78, 5) is 0. The molecule has 12 heavy (non-hydrogen) atoms. The van der Waals surface area contributed by atoms with Crippen molar-refractivity contribution in [1.29, 1.82) is 0 Å². The molecule has 5 nitrogen and oxygen atoms in total. The first-order valence-corrected chi connectivity index (χ1v) is 5.09. The minimum absolute atomic E-state index is 0.139. The molecule has 0 aromatic rings. The second-order valence-electron chi connectivity index (χ2n) is 3.34. The maximum Gasteiger partial charge on any atom is 0.168 e. The number of rotatable bonds is 5. The van der Waals surface area contributed by atoms with Gasteiger partial charge in [0.25, 0.3) is 0 Å². The van der Waals surface area contributed by atoms with Gasteiger partial charge in [0, 0.05) is 7.11 Å². The van der Waals surface area contributed by atoms with Gasteiger partial charge in [-0.2, -0.15) is 0 Å². The molecule has 0 spiro atoms. The Morgan fingerprint density at radius 2 is 1.92 bits per heavy atom. The van der Waals surface area contributed by atoms with Crippen LogP contribution in [0.5, 0.6) is 0 Å². The van der Waals surface area contributed by atoms with Gasteiger partial charge in [-0.05, 0) is 0 Å². The third-order valence-corrected chi connectivity index (χ3v) is 2.42. The van der Waals surface area contributed by atoms with E-state index in [1.165, 1.54) is 7.11 Å². The van der Waals surface area contributed by atoms with Crippen molar-refractivity contribution in [3.05, 3.63) is 0 Å². The first-order chi connectivity index (χ1) is 5.27. The Balaban J connectivity index is 4.04. The lowest BCUT2D eigenvalue weighted by molar-refractivity contribution is -0.879. The van der Waals surface area contributed by atoms with E-state index in [1.54, 1.807) is 14.1 Å². The summed E-state index contributed by atoms with van der Waals surface area (Å²) < 4.78 is 36.1. The quantitative estimate of drug-likeness (QED) is 0.428. The van der Waals surface area contributed by atoms with Gasteiger partial charge in [-0.3, -0.25) is 0 Å². The van der Waals surface area contributed by atoms with Crippen molar-refractivity contribution < 1.29 is 22.2 Å². The van der Waals surface area contributed by atoms with Crippen LogP contribution in [0.25, 0.3) is 0 Å². The number of likely N-dealkylation sites (N-methyl/N-ethyl adjacent to an activating group) is 1. The van der Waals surface area contributed by atoms with Gasteiger partial charge in [0.05, 0.1) is 20.7 Å². The van der Waals surface area contributed by atoms with Crippen LogP contribution in [0.2, 0.25) is 0 Å². The number of ether oxygens (including phenoxy) is 1. The Bertz CT molecular complexity index is 222. The highest BCUT2D eigenvalue weighted by atomic mass is 32.2. The van der Waals surface area contributed by atoms with Gasteiger partial charge < -0.3 is 13.8 Å². The zero-order valence-electron chi connectivity index (χ0n) is 7.61. The molecular weight excluding hydrogens is 182 g/mol. The largest absolute Gasteiger partial charge is 0.744 e. The van der Waals surface area contributed by atoms with Crippen molar-refractivity contribution in [3.63, 3.8) is 0 Å². The van der Waals surface area contributed by atoms with E-state index < -0.39 is 16.0 Å². The molecule has 0 amide bonds. The van der Waals surface area contributed by atoms with Crippen LogP contribution < -0.4 is 0 Å². The molecular formula is C6H15NO4S. The van der Waals surface area contributed by atoms with Gasteiger partial charge in [0.15, 0.2) is 5.88 Å². The van der Waals surface area contributed by atoms with E-state index in [1.807, 2.05) is 0 Å². The Morgan fingerprint density at radius 3 is 2.25 bits per heavy atom.